The van der Waals surface area contributed by atoms with Crippen LogP contribution in [-0.2, 0) is 0 Å². The highest BCUT2D eigenvalue weighted by Gasteiger charge is 2.25. The van der Waals surface area contributed by atoms with Gasteiger partial charge in [-0.1, -0.05) is 6.08 Å². The predicted molar refractivity (Wildman–Crippen MR) is 42.8 cm³/mol. The van der Waals surface area contributed by atoms with Crippen molar-refractivity contribution in [2.45, 2.75) is 6.10 Å². The highest BCUT2D eigenvalue weighted by molar-refractivity contribution is 5.22. The lowest BCUT2D eigenvalue weighted by atomic mass is 10.1. The molecule has 3 nitrogen and oxygen atoms in total. The summed E-state index contributed by atoms with van der Waals surface area (Å²) in [6.07, 6.45) is 6.04. The SMILES string of the molecule is OC1CN(C2=CNCC=C2)C1. The van der Waals surface area contributed by atoms with Gasteiger partial charge in [0.15, 0.2) is 0 Å². The van der Waals surface area contributed by atoms with Gasteiger partial charge in [-0.3, -0.25) is 0 Å². The maximum atomic E-state index is 9.04. The summed E-state index contributed by atoms with van der Waals surface area (Å²) in [6.45, 7) is 2.47. The zero-order valence-corrected chi connectivity index (χ0v) is 6.33. The van der Waals surface area contributed by atoms with E-state index >= 15 is 0 Å². The number of hydrogen-bond donors (Lipinski definition) is 2. The summed E-state index contributed by atoms with van der Waals surface area (Å²) < 4.78 is 0. The molecule has 60 valence electrons. The molecule has 0 spiro atoms. The monoisotopic (exact) mass is 152 g/mol. The fraction of sp³-hybridized carbons (Fsp3) is 0.500. The zero-order chi connectivity index (χ0) is 7.68. The van der Waals surface area contributed by atoms with E-state index in [4.69, 9.17) is 5.11 Å². The fourth-order valence-corrected chi connectivity index (χ4v) is 1.32. The van der Waals surface area contributed by atoms with Gasteiger partial charge in [0.2, 0.25) is 0 Å². The van der Waals surface area contributed by atoms with E-state index in [1.165, 1.54) is 5.70 Å². The van der Waals surface area contributed by atoms with Crippen molar-refractivity contribution < 1.29 is 5.11 Å². The Morgan fingerprint density at radius 2 is 2.36 bits per heavy atom. The minimum absolute atomic E-state index is 0.119. The summed E-state index contributed by atoms with van der Waals surface area (Å²) in [5.41, 5.74) is 1.18. The summed E-state index contributed by atoms with van der Waals surface area (Å²) >= 11 is 0. The molecule has 0 aromatic rings. The number of hydrogen-bond acceptors (Lipinski definition) is 3. The largest absolute Gasteiger partial charge is 0.389 e. The normalized spacial score (nSPS) is 24.1. The van der Waals surface area contributed by atoms with E-state index in [2.05, 4.69) is 22.4 Å². The molecular weight excluding hydrogens is 140 g/mol. The second kappa shape index (κ2) is 2.58. The number of allylic oxidation sites excluding steroid dienone is 1. The third-order valence-corrected chi connectivity index (χ3v) is 2.00. The van der Waals surface area contributed by atoms with Crippen molar-refractivity contribution in [2.24, 2.45) is 0 Å². The number of nitrogens with one attached hydrogen (secondary N) is 1. The van der Waals surface area contributed by atoms with E-state index in [0.29, 0.717) is 0 Å². The molecule has 0 aromatic heterocycles. The minimum Gasteiger partial charge on any atom is -0.389 e. The van der Waals surface area contributed by atoms with Crippen LogP contribution in [0.2, 0.25) is 0 Å². The third kappa shape index (κ3) is 1.24. The lowest BCUT2D eigenvalue weighted by Gasteiger charge is -2.39. The molecule has 0 amide bonds. The number of nitrogens with zero attached hydrogens (tertiary/aromatic N) is 1. The smallest absolute Gasteiger partial charge is 0.0889 e. The number of rotatable bonds is 1. The molecule has 0 bridgehead atoms. The molecular formula is C8H12N2O. The molecule has 11 heavy (non-hydrogen) atoms. The standard InChI is InChI=1S/C8H12N2O/c11-8-5-10(6-8)7-2-1-3-9-4-7/h1-2,4,8-9,11H,3,5-6H2. The first-order valence-electron chi connectivity index (χ1n) is 3.89. The van der Waals surface area contributed by atoms with Crippen LogP contribution in [0.15, 0.2) is 24.0 Å². The Hall–Kier alpha value is -0.960. The van der Waals surface area contributed by atoms with Gasteiger partial charge in [-0.25, -0.2) is 0 Å². The summed E-state index contributed by atoms with van der Waals surface area (Å²) in [5.74, 6) is 0. The molecule has 2 aliphatic rings. The Morgan fingerprint density at radius 3 is 2.91 bits per heavy atom. The molecule has 2 rings (SSSR count). The molecule has 2 aliphatic heterocycles. The maximum Gasteiger partial charge on any atom is 0.0889 e. The van der Waals surface area contributed by atoms with Crippen LogP contribution >= 0.6 is 0 Å². The quantitative estimate of drug-likeness (QED) is 0.540. The number of aliphatic hydroxyl groups excluding tert-OH is 1. The first-order valence-corrected chi connectivity index (χ1v) is 3.89. The van der Waals surface area contributed by atoms with E-state index in [-0.39, 0.29) is 6.10 Å². The summed E-state index contributed by atoms with van der Waals surface area (Å²) in [5, 5.41) is 12.2. The number of aliphatic hydroxyl groups is 1. The van der Waals surface area contributed by atoms with Gasteiger partial charge in [0, 0.05) is 25.8 Å². The number of dihydropyridines is 1. The van der Waals surface area contributed by atoms with E-state index in [0.717, 1.165) is 19.6 Å². The molecule has 2 heterocycles. The van der Waals surface area contributed by atoms with Crippen molar-refractivity contribution in [3.05, 3.63) is 24.0 Å². The second-order valence-corrected chi connectivity index (χ2v) is 2.94. The van der Waals surface area contributed by atoms with Crippen LogP contribution in [0.1, 0.15) is 0 Å². The molecule has 0 radical (unpaired) electrons. The lowest BCUT2D eigenvalue weighted by molar-refractivity contribution is 0.0267. The lowest BCUT2D eigenvalue weighted by Crippen LogP contribution is -2.50. The molecule has 0 unspecified atom stereocenters. The summed E-state index contributed by atoms with van der Waals surface area (Å²) in [7, 11) is 0. The Balaban J connectivity index is 1.95. The van der Waals surface area contributed by atoms with E-state index < -0.39 is 0 Å². The topological polar surface area (TPSA) is 35.5 Å². The van der Waals surface area contributed by atoms with Gasteiger partial charge in [0.25, 0.3) is 0 Å². The van der Waals surface area contributed by atoms with Gasteiger partial charge in [0.1, 0.15) is 0 Å². The third-order valence-electron chi connectivity index (χ3n) is 2.00. The van der Waals surface area contributed by atoms with Gasteiger partial charge in [-0.2, -0.15) is 0 Å². The van der Waals surface area contributed by atoms with Crippen LogP contribution in [0.5, 0.6) is 0 Å². The molecule has 0 aliphatic carbocycles. The van der Waals surface area contributed by atoms with E-state index in [1.807, 2.05) is 6.20 Å². The molecule has 0 saturated carbocycles. The first-order chi connectivity index (χ1) is 5.36. The van der Waals surface area contributed by atoms with Crippen molar-refractivity contribution in [1.82, 2.24) is 10.2 Å². The average molecular weight is 152 g/mol. The predicted octanol–water partition coefficient (Wildman–Crippen LogP) is -0.336. The van der Waals surface area contributed by atoms with Crippen molar-refractivity contribution in [3.63, 3.8) is 0 Å². The van der Waals surface area contributed by atoms with Crippen LogP contribution in [0.25, 0.3) is 0 Å². The summed E-state index contributed by atoms with van der Waals surface area (Å²) in [4.78, 5) is 2.15. The van der Waals surface area contributed by atoms with Crippen molar-refractivity contribution >= 4 is 0 Å². The Bertz CT molecular complexity index is 204. The molecule has 2 N–H and O–H groups in total. The number of likely N-dealkylation sites (tertiary alicyclic amines) is 1. The van der Waals surface area contributed by atoms with Crippen LogP contribution in [0.4, 0.5) is 0 Å². The van der Waals surface area contributed by atoms with Crippen molar-refractivity contribution in [3.8, 4) is 0 Å². The highest BCUT2D eigenvalue weighted by atomic mass is 16.3. The van der Waals surface area contributed by atoms with Crippen LogP contribution in [0, 0.1) is 0 Å². The zero-order valence-electron chi connectivity index (χ0n) is 6.33. The van der Waals surface area contributed by atoms with Crippen molar-refractivity contribution in [1.29, 1.82) is 0 Å². The van der Waals surface area contributed by atoms with Gasteiger partial charge in [-0.15, -0.1) is 0 Å². The molecule has 0 aromatic carbocycles. The first kappa shape index (κ1) is 6.73. The maximum absolute atomic E-state index is 9.04. The summed E-state index contributed by atoms with van der Waals surface area (Å²) in [6, 6.07) is 0. The van der Waals surface area contributed by atoms with E-state index in [1.54, 1.807) is 0 Å². The fourth-order valence-electron chi connectivity index (χ4n) is 1.32. The van der Waals surface area contributed by atoms with Gasteiger partial charge in [-0.05, 0) is 6.08 Å². The highest BCUT2D eigenvalue weighted by Crippen LogP contribution is 2.16. The molecule has 1 fully saturated rings. The Morgan fingerprint density at radius 1 is 1.55 bits per heavy atom. The van der Waals surface area contributed by atoms with E-state index in [9.17, 15) is 0 Å². The minimum atomic E-state index is -0.119. The molecule has 3 heteroatoms. The Kier molecular flexibility index (Phi) is 1.58. The molecule has 0 atom stereocenters. The average Bonchev–Trinajstić information content (AvgIpc) is 2.01. The Labute approximate surface area is 66.0 Å². The molecule has 1 saturated heterocycles. The van der Waals surface area contributed by atoms with Crippen LogP contribution < -0.4 is 5.32 Å². The number of β-amino-alcohol motifs (C(OH)–C–C–N with tert-alkyl or cyclic N) is 1. The van der Waals surface area contributed by atoms with Crippen molar-refractivity contribution in [2.75, 3.05) is 19.6 Å². The van der Waals surface area contributed by atoms with Gasteiger partial charge in [0.05, 0.1) is 11.8 Å². The van der Waals surface area contributed by atoms with Gasteiger partial charge < -0.3 is 15.3 Å². The van der Waals surface area contributed by atoms with Gasteiger partial charge >= 0.3 is 0 Å². The second-order valence-electron chi connectivity index (χ2n) is 2.94. The van der Waals surface area contributed by atoms with Crippen LogP contribution in [0.3, 0.4) is 0 Å². The van der Waals surface area contributed by atoms with Crippen LogP contribution in [-0.4, -0.2) is 35.7 Å².